The van der Waals surface area contributed by atoms with E-state index < -0.39 is 27.4 Å². The fourth-order valence-corrected chi connectivity index (χ4v) is 1.98. The number of aliphatic carboxylic acids is 1. The molecule has 0 spiro atoms. The van der Waals surface area contributed by atoms with E-state index in [-0.39, 0.29) is 25.8 Å². The Balaban J connectivity index is 4.26. The van der Waals surface area contributed by atoms with Crippen molar-refractivity contribution in [1.29, 1.82) is 0 Å². The molecular formula is C7H16N2O5S. The van der Waals surface area contributed by atoms with Crippen LogP contribution in [0.15, 0.2) is 0 Å². The Labute approximate surface area is 88.2 Å². The minimum Gasteiger partial charge on any atom is -0.480 e. The third-order valence-electron chi connectivity index (χ3n) is 2.03. The second-order valence-corrected chi connectivity index (χ2v) is 4.93. The molecule has 0 aromatic heterocycles. The summed E-state index contributed by atoms with van der Waals surface area (Å²) in [4.78, 5) is 10.4. The summed E-state index contributed by atoms with van der Waals surface area (Å²) >= 11 is 0. The minimum absolute atomic E-state index is 0.0104. The van der Waals surface area contributed by atoms with Gasteiger partial charge in [-0.05, 0) is 25.8 Å². The van der Waals surface area contributed by atoms with E-state index in [1.807, 2.05) is 0 Å². The first kappa shape index (κ1) is 14.3. The first-order valence-electron chi connectivity index (χ1n) is 4.43. The van der Waals surface area contributed by atoms with Crippen molar-refractivity contribution in [2.75, 3.05) is 6.54 Å². The molecule has 90 valence electrons. The van der Waals surface area contributed by atoms with Crippen LogP contribution in [0.2, 0.25) is 0 Å². The van der Waals surface area contributed by atoms with Crippen LogP contribution >= 0.6 is 0 Å². The largest absolute Gasteiger partial charge is 0.480 e. The number of hydrogen-bond donors (Lipinski definition) is 4. The van der Waals surface area contributed by atoms with Gasteiger partial charge in [0.25, 0.3) is 10.1 Å². The average molecular weight is 240 g/mol. The molecule has 0 aromatic carbocycles. The lowest BCUT2D eigenvalue weighted by Crippen LogP contribution is -2.33. The summed E-state index contributed by atoms with van der Waals surface area (Å²) in [5.74, 6) is -1.20. The zero-order valence-corrected chi connectivity index (χ0v) is 8.98. The van der Waals surface area contributed by atoms with Crippen molar-refractivity contribution >= 4 is 16.1 Å². The molecule has 0 fully saturated rings. The Morgan fingerprint density at radius 2 is 1.80 bits per heavy atom. The molecule has 0 saturated heterocycles. The van der Waals surface area contributed by atoms with E-state index >= 15 is 0 Å². The Kier molecular flexibility index (Phi) is 5.73. The van der Waals surface area contributed by atoms with Gasteiger partial charge in [-0.15, -0.1) is 0 Å². The third-order valence-corrected chi connectivity index (χ3v) is 3.34. The summed E-state index contributed by atoms with van der Waals surface area (Å²) in [5.41, 5.74) is 10.4. The van der Waals surface area contributed by atoms with E-state index in [1.54, 1.807) is 0 Å². The molecule has 15 heavy (non-hydrogen) atoms. The van der Waals surface area contributed by atoms with Gasteiger partial charge in [0.2, 0.25) is 0 Å². The van der Waals surface area contributed by atoms with Crippen molar-refractivity contribution in [3.8, 4) is 0 Å². The van der Waals surface area contributed by atoms with Crippen LogP contribution in [0.4, 0.5) is 0 Å². The Morgan fingerprint density at radius 3 is 2.13 bits per heavy atom. The lowest BCUT2D eigenvalue weighted by Gasteiger charge is -2.13. The van der Waals surface area contributed by atoms with Gasteiger partial charge >= 0.3 is 5.97 Å². The molecule has 0 rings (SSSR count). The highest BCUT2D eigenvalue weighted by atomic mass is 32.2. The van der Waals surface area contributed by atoms with E-state index in [9.17, 15) is 13.2 Å². The van der Waals surface area contributed by atoms with E-state index in [2.05, 4.69) is 0 Å². The van der Waals surface area contributed by atoms with Crippen molar-refractivity contribution in [2.45, 2.75) is 30.6 Å². The quantitative estimate of drug-likeness (QED) is 0.408. The number of carbonyl (C=O) groups is 1. The second-order valence-electron chi connectivity index (χ2n) is 3.24. The first-order chi connectivity index (χ1) is 6.79. The van der Waals surface area contributed by atoms with Crippen LogP contribution in [0.5, 0.6) is 0 Å². The van der Waals surface area contributed by atoms with E-state index in [0.29, 0.717) is 0 Å². The molecule has 0 aromatic rings. The van der Waals surface area contributed by atoms with Crippen LogP contribution in [0.1, 0.15) is 19.3 Å². The van der Waals surface area contributed by atoms with Crippen LogP contribution in [0, 0.1) is 0 Å². The summed E-state index contributed by atoms with van der Waals surface area (Å²) < 4.78 is 30.4. The number of rotatable bonds is 7. The standard InChI is InChI=1S/C7H16N2O5S/c8-4-3-5(15(12,13)14)1-2-6(9)7(10)11/h5-6H,1-4,8-9H2,(H,10,11)(H,12,13,14)/t5?,6-/m0/s1. The summed E-state index contributed by atoms with van der Waals surface area (Å²) in [6.07, 6.45) is 0.0640. The Hall–Kier alpha value is -0.700. The molecule has 1 unspecified atom stereocenters. The highest BCUT2D eigenvalue weighted by molar-refractivity contribution is 7.86. The highest BCUT2D eigenvalue weighted by Gasteiger charge is 2.24. The lowest BCUT2D eigenvalue weighted by atomic mass is 10.1. The molecule has 7 nitrogen and oxygen atoms in total. The van der Waals surface area contributed by atoms with Gasteiger partial charge in [0, 0.05) is 0 Å². The number of nitrogens with two attached hydrogens (primary N) is 2. The van der Waals surface area contributed by atoms with Gasteiger partial charge in [-0.25, -0.2) is 0 Å². The molecule has 0 heterocycles. The maximum atomic E-state index is 10.8. The number of hydrogen-bond acceptors (Lipinski definition) is 5. The zero-order valence-electron chi connectivity index (χ0n) is 8.17. The monoisotopic (exact) mass is 240 g/mol. The normalized spacial score (nSPS) is 15.9. The summed E-state index contributed by atoms with van der Waals surface area (Å²) in [7, 11) is -4.18. The van der Waals surface area contributed by atoms with Crippen molar-refractivity contribution in [3.63, 3.8) is 0 Å². The van der Waals surface area contributed by atoms with E-state index in [0.717, 1.165) is 0 Å². The number of carboxylic acid groups (broad SMARTS) is 1. The average Bonchev–Trinajstić information content (AvgIpc) is 2.09. The topological polar surface area (TPSA) is 144 Å². The van der Waals surface area contributed by atoms with Gasteiger partial charge in [0.1, 0.15) is 6.04 Å². The van der Waals surface area contributed by atoms with Gasteiger partial charge < -0.3 is 16.6 Å². The summed E-state index contributed by atoms with van der Waals surface area (Å²) in [6.45, 7) is 0.104. The predicted molar refractivity (Wildman–Crippen MR) is 53.9 cm³/mol. The molecule has 0 saturated carbocycles. The molecule has 0 radical (unpaired) electrons. The zero-order chi connectivity index (χ0) is 12.1. The number of carboxylic acids is 1. The van der Waals surface area contributed by atoms with Crippen molar-refractivity contribution in [3.05, 3.63) is 0 Å². The van der Waals surface area contributed by atoms with E-state index in [4.69, 9.17) is 21.1 Å². The van der Waals surface area contributed by atoms with Gasteiger partial charge in [0.05, 0.1) is 5.25 Å². The van der Waals surface area contributed by atoms with Gasteiger partial charge in [0.15, 0.2) is 0 Å². The van der Waals surface area contributed by atoms with Crippen molar-refractivity contribution in [1.82, 2.24) is 0 Å². The maximum Gasteiger partial charge on any atom is 0.320 e. The molecule has 6 N–H and O–H groups in total. The fraction of sp³-hybridized carbons (Fsp3) is 0.857. The Morgan fingerprint density at radius 1 is 1.27 bits per heavy atom. The minimum atomic E-state index is -4.18. The Bertz CT molecular complexity index is 303. The fourth-order valence-electron chi connectivity index (χ4n) is 1.12. The molecule has 0 aliphatic heterocycles. The van der Waals surface area contributed by atoms with Crippen LogP contribution in [0.25, 0.3) is 0 Å². The lowest BCUT2D eigenvalue weighted by molar-refractivity contribution is -0.138. The summed E-state index contributed by atoms with van der Waals surface area (Å²) in [6, 6.07) is -1.12. The maximum absolute atomic E-state index is 10.8. The van der Waals surface area contributed by atoms with Crippen LogP contribution in [0.3, 0.4) is 0 Å². The van der Waals surface area contributed by atoms with Crippen LogP contribution in [-0.2, 0) is 14.9 Å². The van der Waals surface area contributed by atoms with Gasteiger partial charge in [-0.1, -0.05) is 0 Å². The van der Waals surface area contributed by atoms with Gasteiger partial charge in [-0.3, -0.25) is 9.35 Å². The molecule has 0 aliphatic carbocycles. The second kappa shape index (κ2) is 6.01. The molecular weight excluding hydrogens is 224 g/mol. The van der Waals surface area contributed by atoms with Crippen LogP contribution < -0.4 is 11.5 Å². The first-order valence-corrected chi connectivity index (χ1v) is 5.94. The van der Waals surface area contributed by atoms with Crippen molar-refractivity contribution in [2.24, 2.45) is 11.5 Å². The molecule has 0 aliphatic rings. The van der Waals surface area contributed by atoms with Crippen LogP contribution in [-0.4, -0.2) is 41.9 Å². The van der Waals surface area contributed by atoms with Gasteiger partial charge in [-0.2, -0.15) is 8.42 Å². The summed E-state index contributed by atoms with van der Waals surface area (Å²) in [5, 5.41) is 7.43. The highest BCUT2D eigenvalue weighted by Crippen LogP contribution is 2.12. The molecule has 0 amide bonds. The van der Waals surface area contributed by atoms with E-state index in [1.165, 1.54) is 0 Å². The predicted octanol–water partition coefficient (Wildman–Crippen LogP) is -1.22. The molecule has 8 heteroatoms. The molecule has 2 atom stereocenters. The molecule has 0 bridgehead atoms. The smallest absolute Gasteiger partial charge is 0.320 e. The van der Waals surface area contributed by atoms with Crippen molar-refractivity contribution < 1.29 is 22.9 Å². The SMILES string of the molecule is NCCC(CC[C@H](N)C(=O)O)S(=O)(=O)O. The third kappa shape index (κ3) is 5.67.